The minimum atomic E-state index is -4.73. The van der Waals surface area contributed by atoms with Crippen LogP contribution in [0.2, 0.25) is 0 Å². The molecule has 5 nitrogen and oxygen atoms in total. The van der Waals surface area contributed by atoms with Gasteiger partial charge in [-0.2, -0.15) is 13.2 Å². The highest BCUT2D eigenvalue weighted by Crippen LogP contribution is 2.32. The van der Waals surface area contributed by atoms with Crippen LogP contribution in [0.1, 0.15) is 41.6 Å². The summed E-state index contributed by atoms with van der Waals surface area (Å²) in [7, 11) is 0. The van der Waals surface area contributed by atoms with Crippen LogP contribution in [0.5, 0.6) is 0 Å². The van der Waals surface area contributed by atoms with E-state index in [0.29, 0.717) is 19.3 Å². The third-order valence-electron chi connectivity index (χ3n) is 4.02. The van der Waals surface area contributed by atoms with E-state index < -0.39 is 41.1 Å². The Kier molecular flexibility index (Phi) is 5.26. The van der Waals surface area contributed by atoms with E-state index in [2.05, 4.69) is 5.32 Å². The van der Waals surface area contributed by atoms with Crippen LogP contribution in [0.4, 0.5) is 13.2 Å². The number of carboxylic acid groups (broad SMARTS) is 1. The molecule has 0 heterocycles. The molecule has 2 atom stereocenters. The Labute approximate surface area is 135 Å². The van der Waals surface area contributed by atoms with Gasteiger partial charge >= 0.3 is 12.1 Å². The number of carboxylic acids is 1. The Bertz CT molecular complexity index is 657. The third-order valence-corrected chi connectivity index (χ3v) is 4.02. The van der Waals surface area contributed by atoms with E-state index in [9.17, 15) is 32.7 Å². The average Bonchev–Trinajstić information content (AvgIpc) is 2.51. The summed E-state index contributed by atoms with van der Waals surface area (Å²) in [6.07, 6.45) is -3.45. The Morgan fingerprint density at radius 1 is 1.25 bits per heavy atom. The number of alkyl halides is 3. The molecule has 1 aromatic rings. The lowest BCUT2D eigenvalue weighted by molar-refractivity contribution is -0.141. The number of halogens is 3. The second-order valence-corrected chi connectivity index (χ2v) is 5.73. The fourth-order valence-electron chi connectivity index (χ4n) is 2.87. The highest BCUT2D eigenvalue weighted by molar-refractivity contribution is 5.98. The van der Waals surface area contributed by atoms with Crippen molar-refractivity contribution in [2.24, 2.45) is 5.92 Å². The van der Waals surface area contributed by atoms with Gasteiger partial charge in [0.15, 0.2) is 0 Å². The van der Waals surface area contributed by atoms with Gasteiger partial charge < -0.3 is 10.4 Å². The molecule has 1 fully saturated rings. The quantitative estimate of drug-likeness (QED) is 0.880. The number of carbonyl (C=O) groups excluding carboxylic acids is 2. The van der Waals surface area contributed by atoms with Crippen LogP contribution in [0.15, 0.2) is 24.3 Å². The minimum absolute atomic E-state index is 0.00182. The van der Waals surface area contributed by atoms with Crippen LogP contribution in [0, 0.1) is 5.92 Å². The van der Waals surface area contributed by atoms with E-state index in [-0.39, 0.29) is 12.2 Å². The summed E-state index contributed by atoms with van der Waals surface area (Å²) < 4.78 is 38.9. The first-order valence-corrected chi connectivity index (χ1v) is 7.41. The molecule has 0 aromatic heterocycles. The molecule has 2 rings (SSSR count). The molecule has 0 saturated heterocycles. The molecule has 0 radical (unpaired) electrons. The summed E-state index contributed by atoms with van der Waals surface area (Å²) in [4.78, 5) is 35.1. The van der Waals surface area contributed by atoms with Gasteiger partial charge in [0.25, 0.3) is 5.91 Å². The summed E-state index contributed by atoms with van der Waals surface area (Å²) in [5.74, 6) is -3.21. The molecule has 1 aliphatic rings. The Morgan fingerprint density at radius 3 is 2.50 bits per heavy atom. The SMILES string of the molecule is O=C1CCC[C@@H]([C@H](NC(=O)c2ccccc2C(F)(F)F)C(=O)O)C1. The van der Waals surface area contributed by atoms with E-state index in [0.717, 1.165) is 18.2 Å². The first-order chi connectivity index (χ1) is 11.2. The summed E-state index contributed by atoms with van der Waals surface area (Å²) in [5, 5.41) is 11.4. The molecular weight excluding hydrogens is 327 g/mol. The van der Waals surface area contributed by atoms with Crippen molar-refractivity contribution >= 4 is 17.7 Å². The zero-order chi connectivity index (χ0) is 17.9. The van der Waals surface area contributed by atoms with Crippen molar-refractivity contribution < 1.29 is 32.7 Å². The highest BCUT2D eigenvalue weighted by Gasteiger charge is 2.37. The van der Waals surface area contributed by atoms with Gasteiger partial charge in [-0.15, -0.1) is 0 Å². The summed E-state index contributed by atoms with van der Waals surface area (Å²) >= 11 is 0. The van der Waals surface area contributed by atoms with Crippen LogP contribution in [-0.2, 0) is 15.8 Å². The molecule has 0 unspecified atom stereocenters. The maximum Gasteiger partial charge on any atom is 0.417 e. The molecule has 1 saturated carbocycles. The van der Waals surface area contributed by atoms with Crippen LogP contribution in [-0.4, -0.2) is 28.8 Å². The fourth-order valence-corrected chi connectivity index (χ4v) is 2.87. The number of hydrogen-bond acceptors (Lipinski definition) is 3. The maximum atomic E-state index is 13.0. The number of aliphatic carboxylic acids is 1. The highest BCUT2D eigenvalue weighted by atomic mass is 19.4. The van der Waals surface area contributed by atoms with Gasteiger partial charge in [-0.25, -0.2) is 4.79 Å². The van der Waals surface area contributed by atoms with E-state index in [4.69, 9.17) is 0 Å². The van der Waals surface area contributed by atoms with Crippen molar-refractivity contribution in [2.75, 3.05) is 0 Å². The monoisotopic (exact) mass is 343 g/mol. The zero-order valence-electron chi connectivity index (χ0n) is 12.6. The fraction of sp³-hybridized carbons (Fsp3) is 0.438. The lowest BCUT2D eigenvalue weighted by Crippen LogP contribution is -2.47. The smallest absolute Gasteiger partial charge is 0.417 e. The summed E-state index contributed by atoms with van der Waals surface area (Å²) in [6, 6.07) is 2.76. The van der Waals surface area contributed by atoms with Gasteiger partial charge in [-0.1, -0.05) is 12.1 Å². The van der Waals surface area contributed by atoms with Crippen LogP contribution >= 0.6 is 0 Å². The molecule has 1 aromatic carbocycles. The van der Waals surface area contributed by atoms with Crippen molar-refractivity contribution in [3.05, 3.63) is 35.4 Å². The number of rotatable bonds is 4. The second-order valence-electron chi connectivity index (χ2n) is 5.73. The largest absolute Gasteiger partial charge is 0.480 e. The predicted molar refractivity (Wildman–Crippen MR) is 77.3 cm³/mol. The number of hydrogen-bond donors (Lipinski definition) is 2. The van der Waals surface area contributed by atoms with Crippen molar-refractivity contribution in [3.8, 4) is 0 Å². The molecule has 2 N–H and O–H groups in total. The zero-order valence-corrected chi connectivity index (χ0v) is 12.6. The number of amides is 1. The molecule has 0 bridgehead atoms. The van der Waals surface area contributed by atoms with Crippen molar-refractivity contribution in [2.45, 2.75) is 37.9 Å². The summed E-state index contributed by atoms with van der Waals surface area (Å²) in [6.45, 7) is 0. The second kappa shape index (κ2) is 7.02. The predicted octanol–water partition coefficient (Wildman–Crippen LogP) is 2.65. The standard InChI is InChI=1S/C16H16F3NO4/c17-16(18,19)12-7-2-1-6-11(12)14(22)20-13(15(23)24)9-4-3-5-10(21)8-9/h1-2,6-7,9,13H,3-5,8H2,(H,20,22)(H,23,24)/t9-,13+/m1/s1. The van der Waals surface area contributed by atoms with Gasteiger partial charge in [0.1, 0.15) is 11.8 Å². The van der Waals surface area contributed by atoms with Crippen LogP contribution in [0.3, 0.4) is 0 Å². The van der Waals surface area contributed by atoms with Gasteiger partial charge in [-0.05, 0) is 30.9 Å². The lowest BCUT2D eigenvalue weighted by atomic mass is 9.83. The molecule has 24 heavy (non-hydrogen) atoms. The average molecular weight is 343 g/mol. The van der Waals surface area contributed by atoms with E-state index in [1.165, 1.54) is 6.07 Å². The van der Waals surface area contributed by atoms with Crippen LogP contribution < -0.4 is 5.32 Å². The molecule has 1 amide bonds. The first kappa shape index (κ1) is 18.0. The van der Waals surface area contributed by atoms with Crippen LogP contribution in [0.25, 0.3) is 0 Å². The molecule has 0 spiro atoms. The van der Waals surface area contributed by atoms with Crippen molar-refractivity contribution in [1.29, 1.82) is 0 Å². The Hall–Kier alpha value is -2.38. The van der Waals surface area contributed by atoms with E-state index >= 15 is 0 Å². The van der Waals surface area contributed by atoms with E-state index in [1.807, 2.05) is 0 Å². The maximum absolute atomic E-state index is 13.0. The normalized spacial score (nSPS) is 19.6. The molecular formula is C16H16F3NO4. The topological polar surface area (TPSA) is 83.5 Å². The van der Waals surface area contributed by atoms with Gasteiger partial charge in [0, 0.05) is 12.8 Å². The molecule has 1 aliphatic carbocycles. The number of carbonyl (C=O) groups is 3. The number of ketones is 1. The minimum Gasteiger partial charge on any atom is -0.480 e. The number of nitrogens with one attached hydrogen (secondary N) is 1. The number of Topliss-reactive ketones (excluding diaryl/α,β-unsaturated/α-hetero) is 1. The van der Waals surface area contributed by atoms with Crippen molar-refractivity contribution in [3.63, 3.8) is 0 Å². The van der Waals surface area contributed by atoms with Gasteiger partial charge in [0.2, 0.25) is 0 Å². The molecule has 8 heteroatoms. The van der Waals surface area contributed by atoms with Gasteiger partial charge in [0.05, 0.1) is 11.1 Å². The van der Waals surface area contributed by atoms with Crippen molar-refractivity contribution in [1.82, 2.24) is 5.32 Å². The third kappa shape index (κ3) is 4.12. The summed E-state index contributed by atoms with van der Waals surface area (Å²) in [5.41, 5.74) is -1.77. The first-order valence-electron chi connectivity index (χ1n) is 7.41. The molecule has 130 valence electrons. The van der Waals surface area contributed by atoms with E-state index in [1.54, 1.807) is 0 Å². The Balaban J connectivity index is 2.23. The van der Waals surface area contributed by atoms with Gasteiger partial charge in [-0.3, -0.25) is 9.59 Å². The Morgan fingerprint density at radius 2 is 1.92 bits per heavy atom. The lowest BCUT2D eigenvalue weighted by Gasteiger charge is -2.27. The number of benzene rings is 1. The molecule has 0 aliphatic heterocycles.